The first-order valence-corrected chi connectivity index (χ1v) is 14.4. The second-order valence-corrected chi connectivity index (χ2v) is 12.2. The molecular weight excluding hydrogens is 589 g/mol. The van der Waals surface area contributed by atoms with Crippen molar-refractivity contribution in [2.45, 2.75) is 44.4 Å². The van der Waals surface area contributed by atoms with E-state index in [-0.39, 0.29) is 51.5 Å². The number of carbonyl (C=O) groups excluding carboxylic acids is 2. The van der Waals surface area contributed by atoms with Gasteiger partial charge >= 0.3 is 6.18 Å². The highest BCUT2D eigenvalue weighted by Crippen LogP contribution is 2.33. The fraction of sp³-hybridized carbons (Fsp3) is 0.400. The Balaban J connectivity index is 1.65. The highest BCUT2D eigenvalue weighted by Gasteiger charge is 2.48. The summed E-state index contributed by atoms with van der Waals surface area (Å²) in [5.41, 5.74) is -0.612. The number of halogens is 4. The Morgan fingerprint density at radius 2 is 2.02 bits per heavy atom. The van der Waals surface area contributed by atoms with E-state index in [4.69, 9.17) is 16.3 Å². The number of alkyl halides is 3. The van der Waals surface area contributed by atoms with Crippen molar-refractivity contribution in [3.8, 4) is 6.07 Å². The number of aryl methyl sites for hydroxylation is 1. The van der Waals surface area contributed by atoms with Gasteiger partial charge in [0, 0.05) is 6.20 Å². The van der Waals surface area contributed by atoms with Crippen LogP contribution in [-0.2, 0) is 19.4 Å². The molecule has 2 aliphatic heterocycles. The summed E-state index contributed by atoms with van der Waals surface area (Å²) in [5, 5.41) is 19.9. The van der Waals surface area contributed by atoms with Crippen LogP contribution in [0.4, 0.5) is 24.7 Å². The van der Waals surface area contributed by atoms with Gasteiger partial charge < -0.3 is 15.4 Å². The topological polar surface area (TPSA) is 154 Å². The van der Waals surface area contributed by atoms with Crippen LogP contribution in [0.3, 0.4) is 0 Å². The van der Waals surface area contributed by atoms with Gasteiger partial charge in [-0.05, 0) is 43.2 Å². The van der Waals surface area contributed by atoms with E-state index in [1.165, 1.54) is 30.5 Å². The Labute approximate surface area is 238 Å². The van der Waals surface area contributed by atoms with Crippen LogP contribution in [0.2, 0.25) is 5.02 Å². The average Bonchev–Trinajstić information content (AvgIpc) is 3.31. The zero-order valence-electron chi connectivity index (χ0n) is 21.7. The molecule has 2 N–H and O–H groups in total. The van der Waals surface area contributed by atoms with Crippen molar-refractivity contribution < 1.29 is 35.9 Å². The highest BCUT2D eigenvalue weighted by molar-refractivity contribution is 7.93. The molecule has 0 bridgehead atoms. The van der Waals surface area contributed by atoms with Crippen molar-refractivity contribution in [2.75, 3.05) is 28.4 Å². The zero-order chi connectivity index (χ0) is 30.2. The third kappa shape index (κ3) is 6.71. The van der Waals surface area contributed by atoms with E-state index < -0.39 is 46.0 Å². The number of benzene rings is 1. The normalized spacial score (nSPS) is 19.0. The molecule has 4 rings (SSSR count). The summed E-state index contributed by atoms with van der Waals surface area (Å²) in [6.07, 6.45) is -3.33. The number of carbonyl (C=O) groups is 2. The van der Waals surface area contributed by atoms with Crippen molar-refractivity contribution in [1.29, 1.82) is 5.26 Å². The van der Waals surface area contributed by atoms with Crippen molar-refractivity contribution in [3.63, 3.8) is 0 Å². The summed E-state index contributed by atoms with van der Waals surface area (Å²) in [6, 6.07) is 6.34. The molecule has 3 heterocycles. The quantitative estimate of drug-likeness (QED) is 0.483. The first-order valence-electron chi connectivity index (χ1n) is 12.2. The second-order valence-electron chi connectivity index (χ2n) is 9.71. The summed E-state index contributed by atoms with van der Waals surface area (Å²) in [5.74, 6) is -2.37. The van der Waals surface area contributed by atoms with Crippen molar-refractivity contribution in [3.05, 3.63) is 52.2 Å². The van der Waals surface area contributed by atoms with Gasteiger partial charge in [0.25, 0.3) is 5.91 Å². The predicted molar refractivity (Wildman–Crippen MR) is 143 cm³/mol. The Bertz CT molecular complexity index is 1560. The van der Waals surface area contributed by atoms with Gasteiger partial charge in [0.1, 0.15) is 6.04 Å². The van der Waals surface area contributed by atoms with Crippen LogP contribution in [0, 0.1) is 18.3 Å². The minimum absolute atomic E-state index is 0.00878. The number of nitriles is 1. The molecule has 16 heteroatoms. The van der Waals surface area contributed by atoms with Gasteiger partial charge in [0.15, 0.2) is 22.3 Å². The number of ether oxygens (including phenoxy) is 1. The van der Waals surface area contributed by atoms with E-state index in [9.17, 15) is 36.4 Å². The van der Waals surface area contributed by atoms with Crippen LogP contribution < -0.4 is 15.6 Å². The minimum atomic E-state index is -4.65. The third-order valence-electron chi connectivity index (χ3n) is 6.55. The van der Waals surface area contributed by atoms with Crippen LogP contribution in [0.15, 0.2) is 35.6 Å². The molecule has 0 saturated carbocycles. The molecule has 41 heavy (non-hydrogen) atoms. The van der Waals surface area contributed by atoms with Gasteiger partial charge in [0.2, 0.25) is 11.8 Å². The summed E-state index contributed by atoms with van der Waals surface area (Å²) in [7, 11) is -3.30. The molecule has 0 radical (unpaired) electrons. The van der Waals surface area contributed by atoms with Crippen molar-refractivity contribution in [2.24, 2.45) is 5.10 Å². The zero-order valence-corrected chi connectivity index (χ0v) is 23.3. The summed E-state index contributed by atoms with van der Waals surface area (Å²) >= 11 is 6.22. The number of hydrazone groups is 1. The Hall–Kier alpha value is -3.90. The van der Waals surface area contributed by atoms with Crippen LogP contribution in [0.1, 0.15) is 41.3 Å². The molecule has 0 spiro atoms. The lowest BCUT2D eigenvalue weighted by molar-refractivity contribution is -0.156. The molecule has 1 aromatic heterocycles. The van der Waals surface area contributed by atoms with Gasteiger partial charge in [0.05, 0.1) is 51.4 Å². The number of hydrogen-bond donors (Lipinski definition) is 2. The number of pyridine rings is 1. The number of rotatable bonds is 7. The predicted octanol–water partition coefficient (Wildman–Crippen LogP) is 3.33. The molecule has 1 atom stereocenters. The summed E-state index contributed by atoms with van der Waals surface area (Å²) in [4.78, 5) is 31.0. The Morgan fingerprint density at radius 3 is 2.61 bits per heavy atom. The van der Waals surface area contributed by atoms with Gasteiger partial charge in [-0.15, -0.1) is 5.10 Å². The van der Waals surface area contributed by atoms with Crippen LogP contribution in [-0.4, -0.2) is 67.0 Å². The first kappa shape index (κ1) is 30.1. The standard InChI is InChI=1S/C25H24ClF3N6O5S/c1-3-24(12-41(38,39)13-24)33-22(36)16-8-15(10-30)7-14(2)20(16)32-23(37)18-9-19(40-11-25(27,28)29)34-35(18)21-17(26)5-4-6-31-21/h4-8,18H,3,9,11-13H2,1-2H3,(H,32,37)(H,33,36). The van der Waals surface area contributed by atoms with E-state index in [0.717, 1.165) is 5.01 Å². The monoisotopic (exact) mass is 612 g/mol. The molecule has 2 aromatic rings. The van der Waals surface area contributed by atoms with Crippen molar-refractivity contribution in [1.82, 2.24) is 10.3 Å². The smallest absolute Gasteiger partial charge is 0.422 e. The minimum Gasteiger partial charge on any atom is -0.470 e. The van der Waals surface area contributed by atoms with E-state index in [2.05, 4.69) is 20.7 Å². The molecular formula is C25H24ClF3N6O5S. The SMILES string of the molecule is CCC1(NC(=O)c2cc(C#N)cc(C)c2NC(=O)C2CC(OCC(F)(F)F)=NN2c2ncccc2Cl)CS(=O)(=O)C1. The molecule has 2 aliphatic rings. The first-order chi connectivity index (χ1) is 19.2. The number of aromatic nitrogens is 1. The molecule has 218 valence electrons. The maximum atomic E-state index is 13.6. The molecule has 11 nitrogen and oxygen atoms in total. The maximum absolute atomic E-state index is 13.6. The third-order valence-corrected chi connectivity index (χ3v) is 8.83. The van der Waals surface area contributed by atoms with Crippen molar-refractivity contribution >= 4 is 50.7 Å². The van der Waals surface area contributed by atoms with E-state index in [1.54, 1.807) is 13.8 Å². The lowest BCUT2D eigenvalue weighted by Crippen LogP contribution is -2.65. The fourth-order valence-electron chi connectivity index (χ4n) is 4.56. The number of amides is 2. The Kier molecular flexibility index (Phi) is 8.19. The number of anilines is 2. The molecule has 1 unspecified atom stereocenters. The van der Waals surface area contributed by atoms with Gasteiger partial charge in [-0.1, -0.05) is 18.5 Å². The lowest BCUT2D eigenvalue weighted by Gasteiger charge is -2.41. The van der Waals surface area contributed by atoms with Gasteiger partial charge in [-0.3, -0.25) is 9.59 Å². The van der Waals surface area contributed by atoms with Gasteiger partial charge in [-0.2, -0.15) is 18.4 Å². The molecule has 0 aliphatic carbocycles. The van der Waals surface area contributed by atoms with E-state index >= 15 is 0 Å². The number of nitrogens with one attached hydrogen (secondary N) is 2. The largest absolute Gasteiger partial charge is 0.470 e. The van der Waals surface area contributed by atoms with Crippen LogP contribution in [0.25, 0.3) is 0 Å². The summed E-state index contributed by atoms with van der Waals surface area (Å²) in [6.45, 7) is 1.65. The highest BCUT2D eigenvalue weighted by atomic mass is 35.5. The lowest BCUT2D eigenvalue weighted by atomic mass is 9.97. The average molecular weight is 613 g/mol. The number of nitrogens with zero attached hydrogens (tertiary/aromatic N) is 4. The fourth-order valence-corrected chi connectivity index (χ4v) is 6.92. The maximum Gasteiger partial charge on any atom is 0.422 e. The van der Waals surface area contributed by atoms with Crippen LogP contribution in [0.5, 0.6) is 0 Å². The van der Waals surface area contributed by atoms with Gasteiger partial charge in [-0.25, -0.2) is 18.4 Å². The summed E-state index contributed by atoms with van der Waals surface area (Å²) < 4.78 is 66.8. The molecule has 2 amide bonds. The Morgan fingerprint density at radius 1 is 1.32 bits per heavy atom. The van der Waals surface area contributed by atoms with E-state index in [1.807, 2.05) is 6.07 Å². The van der Waals surface area contributed by atoms with E-state index in [0.29, 0.717) is 12.0 Å². The molecule has 1 aromatic carbocycles. The molecule has 1 saturated heterocycles. The second kappa shape index (κ2) is 11.2. The number of hydrogen-bond acceptors (Lipinski definition) is 9. The van der Waals surface area contributed by atoms with Crippen LogP contribution >= 0.6 is 11.6 Å². The number of sulfone groups is 1. The molecule has 1 fully saturated rings.